The van der Waals surface area contributed by atoms with Crippen LogP contribution in [0.25, 0.3) is 0 Å². The summed E-state index contributed by atoms with van der Waals surface area (Å²) >= 11 is 0. The van der Waals surface area contributed by atoms with Gasteiger partial charge < -0.3 is 14.4 Å². The van der Waals surface area contributed by atoms with Crippen LogP contribution in [0.5, 0.6) is 0 Å². The zero-order valence-corrected chi connectivity index (χ0v) is 13.9. The van der Waals surface area contributed by atoms with Crippen LogP contribution in [0.2, 0.25) is 0 Å². The minimum Gasteiger partial charge on any atom is -0.468 e. The molecule has 21 heavy (non-hydrogen) atoms. The van der Waals surface area contributed by atoms with E-state index in [2.05, 4.69) is 31.1 Å². The third kappa shape index (κ3) is 4.41. The highest BCUT2D eigenvalue weighted by Gasteiger charge is 2.49. The van der Waals surface area contributed by atoms with Gasteiger partial charge in [-0.3, -0.25) is 10.1 Å². The third-order valence-electron chi connectivity index (χ3n) is 4.64. The molecule has 0 spiro atoms. The van der Waals surface area contributed by atoms with Gasteiger partial charge in [0.15, 0.2) is 0 Å². The highest BCUT2D eigenvalue weighted by atomic mass is 16.5. The van der Waals surface area contributed by atoms with Crippen molar-refractivity contribution >= 4 is 5.97 Å². The lowest BCUT2D eigenvalue weighted by Crippen LogP contribution is -2.52. The van der Waals surface area contributed by atoms with Crippen molar-refractivity contribution < 1.29 is 14.3 Å². The second kappa shape index (κ2) is 7.07. The molecule has 5 nitrogen and oxygen atoms in total. The van der Waals surface area contributed by atoms with E-state index in [4.69, 9.17) is 9.47 Å². The number of esters is 1. The first-order valence-corrected chi connectivity index (χ1v) is 8.15. The Labute approximate surface area is 128 Å². The van der Waals surface area contributed by atoms with Crippen molar-refractivity contribution in [1.82, 2.24) is 10.2 Å². The molecule has 0 aliphatic heterocycles. The molecule has 2 aliphatic rings. The van der Waals surface area contributed by atoms with E-state index in [1.165, 1.54) is 20.0 Å². The molecular weight excluding hydrogens is 268 g/mol. The number of ether oxygens (including phenoxy) is 2. The maximum atomic E-state index is 12.2. The Balaban J connectivity index is 1.87. The molecule has 2 unspecified atom stereocenters. The lowest BCUT2D eigenvalue weighted by atomic mass is 9.97. The summed E-state index contributed by atoms with van der Waals surface area (Å²) in [4.78, 5) is 14.6. The van der Waals surface area contributed by atoms with Gasteiger partial charge in [-0.25, -0.2) is 0 Å². The maximum Gasteiger partial charge on any atom is 0.326 e. The van der Waals surface area contributed by atoms with Crippen molar-refractivity contribution in [3.8, 4) is 0 Å². The van der Waals surface area contributed by atoms with Crippen LogP contribution in [-0.2, 0) is 14.3 Å². The molecule has 0 bridgehead atoms. The van der Waals surface area contributed by atoms with Crippen LogP contribution in [0, 0.1) is 0 Å². The molecule has 0 radical (unpaired) electrons. The van der Waals surface area contributed by atoms with Gasteiger partial charge >= 0.3 is 5.97 Å². The number of hydrogen-bond donors (Lipinski definition) is 1. The van der Waals surface area contributed by atoms with Gasteiger partial charge in [-0.2, -0.15) is 0 Å². The molecule has 2 fully saturated rings. The first kappa shape index (κ1) is 16.7. The van der Waals surface area contributed by atoms with Crippen LogP contribution in [0.15, 0.2) is 0 Å². The molecule has 0 amide bonds. The van der Waals surface area contributed by atoms with E-state index < -0.39 is 5.54 Å². The smallest absolute Gasteiger partial charge is 0.326 e. The summed E-state index contributed by atoms with van der Waals surface area (Å²) in [5.41, 5.74) is -0.465. The third-order valence-corrected chi connectivity index (χ3v) is 4.64. The molecule has 2 rings (SSSR count). The minimum absolute atomic E-state index is 0.0938. The van der Waals surface area contributed by atoms with E-state index in [0.717, 1.165) is 32.4 Å². The normalized spacial score (nSPS) is 29.3. The molecule has 0 aromatic carbocycles. The van der Waals surface area contributed by atoms with Crippen LogP contribution in [0.3, 0.4) is 0 Å². The molecule has 0 saturated heterocycles. The van der Waals surface area contributed by atoms with E-state index in [-0.39, 0.29) is 12.1 Å². The minimum atomic E-state index is -0.465. The quantitative estimate of drug-likeness (QED) is 0.689. The van der Waals surface area contributed by atoms with E-state index in [0.29, 0.717) is 12.1 Å². The predicted molar refractivity (Wildman–Crippen MR) is 82.3 cm³/mol. The van der Waals surface area contributed by atoms with Crippen LogP contribution in [-0.4, -0.2) is 61.9 Å². The second-order valence-corrected chi connectivity index (χ2v) is 6.79. The SMILES string of the molecule is COC(=O)C1(NC2CC2)CCC(N(C)CCOC(C)C)C1. The van der Waals surface area contributed by atoms with Gasteiger partial charge in [0, 0.05) is 18.6 Å². The van der Waals surface area contributed by atoms with Crippen LogP contribution < -0.4 is 5.32 Å². The van der Waals surface area contributed by atoms with Gasteiger partial charge in [-0.1, -0.05) is 0 Å². The highest BCUT2D eigenvalue weighted by molar-refractivity contribution is 5.81. The van der Waals surface area contributed by atoms with Gasteiger partial charge in [0.25, 0.3) is 0 Å². The number of carbonyl (C=O) groups is 1. The van der Waals surface area contributed by atoms with Crippen LogP contribution in [0.4, 0.5) is 0 Å². The number of nitrogens with one attached hydrogen (secondary N) is 1. The fraction of sp³-hybridized carbons (Fsp3) is 0.938. The number of methoxy groups -OCH3 is 1. The zero-order chi connectivity index (χ0) is 15.5. The molecular formula is C16H30N2O3. The Morgan fingerprint density at radius 3 is 2.67 bits per heavy atom. The van der Waals surface area contributed by atoms with Crippen LogP contribution in [0.1, 0.15) is 46.0 Å². The molecule has 5 heteroatoms. The Morgan fingerprint density at radius 1 is 1.38 bits per heavy atom. The Morgan fingerprint density at radius 2 is 2.10 bits per heavy atom. The van der Waals surface area contributed by atoms with E-state index in [1.807, 2.05) is 0 Å². The number of nitrogens with zero attached hydrogens (tertiary/aromatic N) is 1. The fourth-order valence-corrected chi connectivity index (χ4v) is 3.20. The molecule has 2 aliphatic carbocycles. The standard InChI is InChI=1S/C16H30N2O3/c1-12(2)21-10-9-18(3)14-7-8-16(11-14,15(19)20-4)17-13-5-6-13/h12-14,17H,5-11H2,1-4H3. The summed E-state index contributed by atoms with van der Waals surface area (Å²) in [7, 11) is 3.62. The summed E-state index contributed by atoms with van der Waals surface area (Å²) in [5, 5.41) is 3.54. The average Bonchev–Trinajstić information content (AvgIpc) is 3.14. The van der Waals surface area contributed by atoms with Crippen molar-refractivity contribution in [3.05, 3.63) is 0 Å². The molecule has 1 N–H and O–H groups in total. The van der Waals surface area contributed by atoms with Crippen molar-refractivity contribution in [2.45, 2.75) is 69.7 Å². The number of rotatable bonds is 8. The van der Waals surface area contributed by atoms with Crippen LogP contribution >= 0.6 is 0 Å². The first-order chi connectivity index (χ1) is 9.97. The Kier molecular flexibility index (Phi) is 5.63. The van der Waals surface area contributed by atoms with Crippen molar-refractivity contribution in [2.75, 3.05) is 27.3 Å². The largest absolute Gasteiger partial charge is 0.468 e. The first-order valence-electron chi connectivity index (χ1n) is 8.15. The molecule has 122 valence electrons. The number of likely N-dealkylation sites (N-methyl/N-ethyl adjacent to an activating group) is 1. The molecule has 0 aromatic heterocycles. The van der Waals surface area contributed by atoms with Gasteiger partial charge in [0.2, 0.25) is 0 Å². The molecule has 2 saturated carbocycles. The summed E-state index contributed by atoms with van der Waals surface area (Å²) in [6.45, 7) is 5.75. The lowest BCUT2D eigenvalue weighted by Gasteiger charge is -2.30. The van der Waals surface area contributed by atoms with Gasteiger partial charge in [-0.15, -0.1) is 0 Å². The van der Waals surface area contributed by atoms with Gasteiger partial charge in [0.05, 0.1) is 19.8 Å². The number of carbonyl (C=O) groups excluding carboxylic acids is 1. The van der Waals surface area contributed by atoms with E-state index in [1.54, 1.807) is 0 Å². The van der Waals surface area contributed by atoms with E-state index >= 15 is 0 Å². The summed E-state index contributed by atoms with van der Waals surface area (Å²) in [5.74, 6) is -0.0938. The Bertz CT molecular complexity index is 357. The van der Waals surface area contributed by atoms with Crippen molar-refractivity contribution in [1.29, 1.82) is 0 Å². The lowest BCUT2D eigenvalue weighted by molar-refractivity contribution is -0.148. The molecule has 2 atom stereocenters. The molecule has 0 aromatic rings. The fourth-order valence-electron chi connectivity index (χ4n) is 3.20. The second-order valence-electron chi connectivity index (χ2n) is 6.79. The van der Waals surface area contributed by atoms with Crippen molar-refractivity contribution in [2.24, 2.45) is 0 Å². The summed E-state index contributed by atoms with van der Waals surface area (Å²) in [6, 6.07) is 0.934. The maximum absolute atomic E-state index is 12.2. The summed E-state index contributed by atoms with van der Waals surface area (Å²) < 4.78 is 10.7. The zero-order valence-electron chi connectivity index (χ0n) is 13.9. The monoisotopic (exact) mass is 298 g/mol. The average molecular weight is 298 g/mol. The van der Waals surface area contributed by atoms with Gasteiger partial charge in [-0.05, 0) is 53.0 Å². The Hall–Kier alpha value is -0.650. The topological polar surface area (TPSA) is 50.8 Å². The number of hydrogen-bond acceptors (Lipinski definition) is 5. The highest BCUT2D eigenvalue weighted by Crippen LogP contribution is 2.36. The summed E-state index contributed by atoms with van der Waals surface area (Å²) in [6.07, 6.45) is 5.38. The van der Waals surface area contributed by atoms with Gasteiger partial charge in [0.1, 0.15) is 5.54 Å². The van der Waals surface area contributed by atoms with Crippen molar-refractivity contribution in [3.63, 3.8) is 0 Å². The predicted octanol–water partition coefficient (Wildman–Crippen LogP) is 1.56. The molecule has 0 heterocycles. The van der Waals surface area contributed by atoms with E-state index in [9.17, 15) is 4.79 Å².